The van der Waals surface area contributed by atoms with Gasteiger partial charge in [-0.15, -0.1) is 0 Å². The molecule has 0 aliphatic heterocycles. The predicted octanol–water partition coefficient (Wildman–Crippen LogP) is 3.93. The van der Waals surface area contributed by atoms with Crippen LogP contribution in [0.4, 0.5) is 5.69 Å². The molecule has 0 saturated carbocycles. The first-order valence-corrected chi connectivity index (χ1v) is 8.24. The minimum atomic E-state index is -0.272. The van der Waals surface area contributed by atoms with Gasteiger partial charge >= 0.3 is 0 Å². The number of benzene rings is 2. The topological polar surface area (TPSA) is 66.0 Å². The first kappa shape index (κ1) is 19.9. The first-order chi connectivity index (χ1) is 13.1. The summed E-state index contributed by atoms with van der Waals surface area (Å²) in [5, 5.41) is 2.79. The normalized spacial score (nSPS) is 10.3. The summed E-state index contributed by atoms with van der Waals surface area (Å²) in [4.78, 5) is 12.2. The largest absolute Gasteiger partial charge is 0.493 e. The Hall–Kier alpha value is -3.41. The van der Waals surface area contributed by atoms with Gasteiger partial charge in [0.25, 0.3) is 0 Å². The van der Waals surface area contributed by atoms with Gasteiger partial charge < -0.3 is 24.3 Å². The summed E-state index contributed by atoms with van der Waals surface area (Å²) in [5.74, 6) is 1.95. The number of rotatable bonds is 9. The van der Waals surface area contributed by atoms with Crippen LogP contribution in [0, 0.1) is 0 Å². The molecule has 0 bridgehead atoms. The van der Waals surface area contributed by atoms with Gasteiger partial charge in [0.2, 0.25) is 11.7 Å². The van der Waals surface area contributed by atoms with Gasteiger partial charge in [-0.05, 0) is 42.5 Å². The molecule has 27 heavy (non-hydrogen) atoms. The number of methoxy groups -OCH3 is 3. The number of carbonyl (C=O) groups excluding carboxylic acids is 1. The molecule has 0 aromatic heterocycles. The zero-order valence-corrected chi connectivity index (χ0v) is 15.7. The lowest BCUT2D eigenvalue weighted by molar-refractivity contribution is -0.111. The van der Waals surface area contributed by atoms with Gasteiger partial charge in [-0.25, -0.2) is 0 Å². The molecule has 0 heterocycles. The first-order valence-electron chi connectivity index (χ1n) is 8.24. The Labute approximate surface area is 159 Å². The highest BCUT2D eigenvalue weighted by atomic mass is 16.5. The fourth-order valence-electron chi connectivity index (χ4n) is 2.39. The lowest BCUT2D eigenvalue weighted by atomic mass is 10.1. The number of anilines is 1. The maximum atomic E-state index is 12.2. The number of nitrogens with one attached hydrogen (secondary N) is 1. The van der Waals surface area contributed by atoms with Crippen molar-refractivity contribution in [1.82, 2.24) is 0 Å². The van der Waals surface area contributed by atoms with Crippen LogP contribution in [0.2, 0.25) is 0 Å². The van der Waals surface area contributed by atoms with E-state index in [9.17, 15) is 4.79 Å². The van der Waals surface area contributed by atoms with Crippen molar-refractivity contribution < 1.29 is 23.7 Å². The van der Waals surface area contributed by atoms with Crippen molar-refractivity contribution in [2.24, 2.45) is 0 Å². The van der Waals surface area contributed by atoms with E-state index in [1.54, 1.807) is 55.7 Å². The van der Waals surface area contributed by atoms with E-state index in [0.29, 0.717) is 40.9 Å². The molecule has 0 aliphatic carbocycles. The van der Waals surface area contributed by atoms with Crippen LogP contribution in [0.3, 0.4) is 0 Å². The van der Waals surface area contributed by atoms with Gasteiger partial charge in [-0.3, -0.25) is 4.79 Å². The van der Waals surface area contributed by atoms with Crippen molar-refractivity contribution >= 4 is 17.7 Å². The summed E-state index contributed by atoms with van der Waals surface area (Å²) < 4.78 is 21.4. The van der Waals surface area contributed by atoms with E-state index in [1.807, 2.05) is 0 Å². The Morgan fingerprint density at radius 2 is 1.70 bits per heavy atom. The van der Waals surface area contributed by atoms with Gasteiger partial charge in [-0.2, -0.15) is 0 Å². The third-order valence-electron chi connectivity index (χ3n) is 3.64. The Balaban J connectivity index is 2.09. The molecule has 0 atom stereocenters. The van der Waals surface area contributed by atoms with Gasteiger partial charge in [-0.1, -0.05) is 12.7 Å². The molecule has 1 amide bonds. The molecule has 0 spiro atoms. The molecule has 142 valence electrons. The van der Waals surface area contributed by atoms with Crippen LogP contribution in [-0.4, -0.2) is 33.8 Å². The molecule has 6 heteroatoms. The van der Waals surface area contributed by atoms with Crippen LogP contribution in [0.5, 0.6) is 23.0 Å². The van der Waals surface area contributed by atoms with Gasteiger partial charge in [0, 0.05) is 17.3 Å². The van der Waals surface area contributed by atoms with E-state index in [1.165, 1.54) is 20.3 Å². The van der Waals surface area contributed by atoms with Crippen molar-refractivity contribution in [3.8, 4) is 23.0 Å². The summed E-state index contributed by atoms with van der Waals surface area (Å²) in [5.41, 5.74) is 1.35. The third-order valence-corrected chi connectivity index (χ3v) is 3.64. The quantitative estimate of drug-likeness (QED) is 0.536. The second-order valence-electron chi connectivity index (χ2n) is 5.37. The number of ether oxygens (including phenoxy) is 4. The molecule has 2 rings (SSSR count). The zero-order valence-electron chi connectivity index (χ0n) is 15.7. The summed E-state index contributed by atoms with van der Waals surface area (Å²) in [6.07, 6.45) is 4.74. The highest BCUT2D eigenvalue weighted by Crippen LogP contribution is 2.40. The lowest BCUT2D eigenvalue weighted by Crippen LogP contribution is -2.07. The summed E-state index contributed by atoms with van der Waals surface area (Å²) >= 11 is 0. The van der Waals surface area contributed by atoms with Crippen LogP contribution >= 0.6 is 0 Å². The summed E-state index contributed by atoms with van der Waals surface area (Å²) in [6.45, 7) is 4.03. The van der Waals surface area contributed by atoms with Gasteiger partial charge in [0.1, 0.15) is 12.4 Å². The number of hydrogen-bond donors (Lipinski definition) is 1. The Bertz CT molecular complexity index is 812. The average molecular weight is 369 g/mol. The van der Waals surface area contributed by atoms with Crippen LogP contribution in [0.1, 0.15) is 5.56 Å². The molecule has 6 nitrogen and oxygen atoms in total. The Morgan fingerprint density at radius 1 is 1.00 bits per heavy atom. The molecule has 2 aromatic carbocycles. The second-order valence-corrected chi connectivity index (χ2v) is 5.37. The third kappa shape index (κ3) is 5.28. The van der Waals surface area contributed by atoms with Crippen molar-refractivity contribution in [2.75, 3.05) is 33.3 Å². The summed E-state index contributed by atoms with van der Waals surface area (Å²) in [7, 11) is 4.61. The van der Waals surface area contributed by atoms with E-state index in [-0.39, 0.29) is 5.91 Å². The van der Waals surface area contributed by atoms with Crippen molar-refractivity contribution in [1.29, 1.82) is 0 Å². The van der Waals surface area contributed by atoms with Crippen LogP contribution < -0.4 is 24.3 Å². The highest BCUT2D eigenvalue weighted by Gasteiger charge is 2.14. The maximum Gasteiger partial charge on any atom is 0.248 e. The average Bonchev–Trinajstić information content (AvgIpc) is 2.70. The van der Waals surface area contributed by atoms with E-state index < -0.39 is 0 Å². The predicted molar refractivity (Wildman–Crippen MR) is 106 cm³/mol. The fraction of sp³-hybridized carbons (Fsp3) is 0.190. The standard InChI is InChI=1S/C21H23NO5/c1-5-14-27-17-10-8-16(9-11-17)22-19(23)13-7-15-6-12-18(24-2)21(26-4)20(15)25-3/h5-13H,1,14H2,2-4H3,(H,22,23)/b13-7+. The zero-order chi connectivity index (χ0) is 19.6. The minimum Gasteiger partial charge on any atom is -0.493 e. The van der Waals surface area contributed by atoms with E-state index in [0.717, 1.165) is 0 Å². The molecular weight excluding hydrogens is 346 g/mol. The highest BCUT2D eigenvalue weighted by molar-refractivity contribution is 6.02. The molecule has 0 radical (unpaired) electrons. The Kier molecular flexibility index (Phi) is 7.31. The lowest BCUT2D eigenvalue weighted by Gasteiger charge is -2.14. The van der Waals surface area contributed by atoms with Crippen molar-refractivity contribution in [3.63, 3.8) is 0 Å². The van der Waals surface area contributed by atoms with Crippen LogP contribution in [0.15, 0.2) is 55.1 Å². The second kappa shape index (κ2) is 9.91. The molecule has 1 N–H and O–H groups in total. The number of amides is 1. The minimum absolute atomic E-state index is 0.272. The van der Waals surface area contributed by atoms with Crippen molar-refractivity contribution in [3.05, 3.63) is 60.7 Å². The van der Waals surface area contributed by atoms with Crippen LogP contribution in [-0.2, 0) is 4.79 Å². The molecule has 0 fully saturated rings. The maximum absolute atomic E-state index is 12.2. The smallest absolute Gasteiger partial charge is 0.248 e. The van der Waals surface area contributed by atoms with Gasteiger partial charge in [0.15, 0.2) is 11.5 Å². The van der Waals surface area contributed by atoms with Crippen LogP contribution in [0.25, 0.3) is 6.08 Å². The van der Waals surface area contributed by atoms with Gasteiger partial charge in [0.05, 0.1) is 21.3 Å². The number of carbonyl (C=O) groups is 1. The summed E-state index contributed by atoms with van der Waals surface area (Å²) in [6, 6.07) is 10.6. The fourth-order valence-corrected chi connectivity index (χ4v) is 2.39. The van der Waals surface area contributed by atoms with E-state index in [4.69, 9.17) is 18.9 Å². The molecular formula is C21H23NO5. The monoisotopic (exact) mass is 369 g/mol. The molecule has 0 unspecified atom stereocenters. The molecule has 0 saturated heterocycles. The van der Waals surface area contributed by atoms with E-state index in [2.05, 4.69) is 11.9 Å². The SMILES string of the molecule is C=CCOc1ccc(NC(=O)/C=C/c2ccc(OC)c(OC)c2OC)cc1. The molecule has 0 aliphatic rings. The number of hydrogen-bond acceptors (Lipinski definition) is 5. The van der Waals surface area contributed by atoms with Crippen molar-refractivity contribution in [2.45, 2.75) is 0 Å². The Morgan fingerprint density at radius 3 is 2.30 bits per heavy atom. The van der Waals surface area contributed by atoms with E-state index >= 15 is 0 Å². The molecule has 2 aromatic rings.